The highest BCUT2D eigenvalue weighted by Gasteiger charge is 2.53. The lowest BCUT2D eigenvalue weighted by Gasteiger charge is -2.51. The number of halogens is 3. The molecule has 13 nitrogen and oxygen atoms in total. The summed E-state index contributed by atoms with van der Waals surface area (Å²) in [6, 6.07) is 8.56. The van der Waals surface area contributed by atoms with Crippen molar-refractivity contribution in [3.8, 4) is 0 Å². The lowest BCUT2D eigenvalue weighted by atomic mass is 9.80. The average Bonchev–Trinajstić information content (AvgIpc) is 3.23. The SMILES string of the molecule is CCC1O[C@H](OC2[C@@H](OC3[C@@H](OCC4O[C@H](OC(=N)C(Cl)(Cl)Cl)C(OC(=O)c5ccccc5)[C@@H](C)[C@@H]4C)OC(CC)[C@@H](C)[C@@H]3C)OC(CC)[C@@H](C)[C@@H]2C)C(OC(C)=O)[C@@H](C)[C@@H]1C. The summed E-state index contributed by atoms with van der Waals surface area (Å²) in [4.78, 5) is 25.7. The predicted octanol–water partition coefficient (Wildman–Crippen LogP) is 9.51. The van der Waals surface area contributed by atoms with Crippen LogP contribution in [0.2, 0.25) is 0 Å². The van der Waals surface area contributed by atoms with Crippen LogP contribution in [0.5, 0.6) is 0 Å². The van der Waals surface area contributed by atoms with E-state index in [1.54, 1.807) is 30.3 Å². The molecule has 8 unspecified atom stereocenters. The summed E-state index contributed by atoms with van der Waals surface area (Å²) in [7, 11) is 0. The van der Waals surface area contributed by atoms with Gasteiger partial charge in [0.2, 0.25) is 12.2 Å². The van der Waals surface area contributed by atoms with Crippen LogP contribution in [-0.2, 0) is 52.2 Å². The molecule has 62 heavy (non-hydrogen) atoms. The zero-order chi connectivity index (χ0) is 45.8. The third-order valence-corrected chi connectivity index (χ3v) is 14.8. The Morgan fingerprint density at radius 2 is 0.968 bits per heavy atom. The molecule has 4 saturated heterocycles. The van der Waals surface area contributed by atoms with Gasteiger partial charge in [-0.3, -0.25) is 10.2 Å². The van der Waals surface area contributed by atoms with Crippen LogP contribution in [-0.4, -0.2) is 102 Å². The Morgan fingerprint density at radius 1 is 0.565 bits per heavy atom. The summed E-state index contributed by atoms with van der Waals surface area (Å²) in [5, 5.41) is 8.36. The summed E-state index contributed by atoms with van der Waals surface area (Å²) in [5.74, 6) is -1.98. The van der Waals surface area contributed by atoms with Crippen molar-refractivity contribution >= 4 is 52.6 Å². The Bertz CT molecular complexity index is 1620. The maximum Gasteiger partial charge on any atom is 0.338 e. The van der Waals surface area contributed by atoms with E-state index in [1.165, 1.54) is 6.92 Å². The first-order valence-electron chi connectivity index (χ1n) is 22.5. The van der Waals surface area contributed by atoms with Gasteiger partial charge in [0.15, 0.2) is 31.1 Å². The first-order valence-corrected chi connectivity index (χ1v) is 23.6. The molecular formula is C46H70Cl3NO12. The van der Waals surface area contributed by atoms with Crippen molar-refractivity contribution in [2.45, 2.75) is 180 Å². The number of nitrogens with one attached hydrogen (secondary N) is 1. The number of esters is 2. The van der Waals surface area contributed by atoms with Crippen LogP contribution in [0.25, 0.3) is 0 Å². The molecule has 1 N–H and O–H groups in total. The second kappa shape index (κ2) is 22.1. The van der Waals surface area contributed by atoms with E-state index in [9.17, 15) is 9.59 Å². The van der Waals surface area contributed by atoms with E-state index in [1.807, 2.05) is 13.8 Å². The van der Waals surface area contributed by atoms with Gasteiger partial charge in [-0.2, -0.15) is 0 Å². The highest BCUT2D eigenvalue weighted by atomic mass is 35.6. The van der Waals surface area contributed by atoms with Crippen LogP contribution in [0.15, 0.2) is 30.3 Å². The number of carbonyl (C=O) groups is 2. The molecule has 5 rings (SSSR count). The molecule has 4 aliphatic heterocycles. The van der Waals surface area contributed by atoms with E-state index in [0.29, 0.717) is 5.56 Å². The number of carbonyl (C=O) groups excluding carboxylic acids is 2. The smallest absolute Gasteiger partial charge is 0.338 e. The van der Waals surface area contributed by atoms with Crippen LogP contribution >= 0.6 is 34.8 Å². The maximum absolute atomic E-state index is 13.3. The lowest BCUT2D eigenvalue weighted by molar-refractivity contribution is -0.375. The van der Waals surface area contributed by atoms with E-state index < -0.39 is 77.3 Å². The highest BCUT2D eigenvalue weighted by molar-refractivity contribution is 6.76. The number of benzene rings is 1. The molecule has 4 aliphatic rings. The van der Waals surface area contributed by atoms with E-state index >= 15 is 0 Å². The zero-order valence-electron chi connectivity index (χ0n) is 38.3. The molecule has 0 aliphatic carbocycles. The molecule has 4 heterocycles. The quantitative estimate of drug-likeness (QED) is 0.0819. The average molecular weight is 935 g/mol. The summed E-state index contributed by atoms with van der Waals surface area (Å²) >= 11 is 18.1. The predicted molar refractivity (Wildman–Crippen MR) is 235 cm³/mol. The number of rotatable bonds is 14. The van der Waals surface area contributed by atoms with Gasteiger partial charge in [-0.05, 0) is 66.9 Å². The third kappa shape index (κ3) is 11.8. The van der Waals surface area contributed by atoms with Crippen molar-refractivity contribution < 1.29 is 57.0 Å². The summed E-state index contributed by atoms with van der Waals surface area (Å²) in [5.41, 5.74) is 0.343. The molecule has 1 aromatic carbocycles. The first kappa shape index (κ1) is 51.2. The number of hydrogen-bond donors (Lipinski definition) is 1. The lowest BCUT2D eigenvalue weighted by Crippen LogP contribution is -2.60. The minimum atomic E-state index is -2.19. The number of alkyl halides is 3. The number of ether oxygens (including phenoxy) is 10. The van der Waals surface area contributed by atoms with Crippen LogP contribution < -0.4 is 0 Å². The van der Waals surface area contributed by atoms with Gasteiger partial charge in [0.05, 0.1) is 36.6 Å². The summed E-state index contributed by atoms with van der Waals surface area (Å²) in [6.45, 7) is 24.4. The molecule has 0 radical (unpaired) electrons. The Morgan fingerprint density at radius 3 is 1.44 bits per heavy atom. The van der Waals surface area contributed by atoms with Crippen molar-refractivity contribution in [3.63, 3.8) is 0 Å². The molecular weight excluding hydrogens is 865 g/mol. The van der Waals surface area contributed by atoms with Crippen LogP contribution in [0.4, 0.5) is 0 Å². The van der Waals surface area contributed by atoms with Gasteiger partial charge in [0.25, 0.3) is 3.79 Å². The molecule has 20 atom stereocenters. The Labute approximate surface area is 383 Å². The van der Waals surface area contributed by atoms with Crippen molar-refractivity contribution in [2.75, 3.05) is 6.61 Å². The summed E-state index contributed by atoms with van der Waals surface area (Å²) < 4.78 is 62.8. The molecule has 0 amide bonds. The van der Waals surface area contributed by atoms with E-state index in [4.69, 9.17) is 87.6 Å². The molecule has 352 valence electrons. The minimum Gasteiger partial charge on any atom is -0.457 e. The van der Waals surface area contributed by atoms with Crippen molar-refractivity contribution in [1.29, 1.82) is 5.41 Å². The zero-order valence-corrected chi connectivity index (χ0v) is 40.6. The summed E-state index contributed by atoms with van der Waals surface area (Å²) in [6.07, 6.45) is -5.28. The Balaban J connectivity index is 1.40. The normalized spacial score (nSPS) is 41.5. The Kier molecular flexibility index (Phi) is 18.3. The van der Waals surface area contributed by atoms with Gasteiger partial charge in [-0.15, -0.1) is 0 Å². The highest BCUT2D eigenvalue weighted by Crippen LogP contribution is 2.43. The van der Waals surface area contributed by atoms with Crippen LogP contribution in [0, 0.1) is 52.8 Å². The molecule has 0 aromatic heterocycles. The monoisotopic (exact) mass is 933 g/mol. The van der Waals surface area contributed by atoms with E-state index in [2.05, 4.69) is 62.3 Å². The fourth-order valence-corrected chi connectivity index (χ4v) is 9.56. The molecule has 16 heteroatoms. The van der Waals surface area contributed by atoms with Gasteiger partial charge in [-0.25, -0.2) is 4.79 Å². The Hall–Kier alpha value is -1.78. The number of hydrogen-bond acceptors (Lipinski definition) is 13. The van der Waals surface area contributed by atoms with Crippen LogP contribution in [0.3, 0.4) is 0 Å². The second-order valence-electron chi connectivity index (χ2n) is 18.1. The van der Waals surface area contributed by atoms with Gasteiger partial charge in [-0.1, -0.05) is 129 Å². The standard InChI is InChI=1S/C46H70Cl3NO12/c1-13-32-22(4)26(8)36(60-43-39(28(10)24(6)34(15-3)57-43)61-42-37(54-30(12)51)27(9)23(5)33(14-2)56-42)41(55-32)53-21-35-25(7)29(11)38(44(58-35)62-45(50)46(47,48)49)59-40(52)31-19-17-16-18-20-31/h16-20,22-29,32-39,41-44,50H,13-15,21H2,1-12H3/t22-,23-,24-,25-,26-,27-,28-,29-,32?,33?,34?,35?,36?,37?,38?,39?,41-,42+,43+,44+/m0/s1. The molecule has 1 aromatic rings. The first-order chi connectivity index (χ1) is 29.2. The van der Waals surface area contributed by atoms with Gasteiger partial charge in [0.1, 0.15) is 12.2 Å². The van der Waals surface area contributed by atoms with E-state index in [0.717, 1.165) is 19.3 Å². The van der Waals surface area contributed by atoms with Gasteiger partial charge in [0, 0.05) is 18.8 Å². The topological polar surface area (TPSA) is 150 Å². The van der Waals surface area contributed by atoms with Gasteiger partial charge >= 0.3 is 11.9 Å². The minimum absolute atomic E-state index is 0.0183. The largest absolute Gasteiger partial charge is 0.457 e. The molecule has 0 saturated carbocycles. The van der Waals surface area contributed by atoms with E-state index in [-0.39, 0.29) is 72.3 Å². The third-order valence-electron chi connectivity index (χ3n) is 14.3. The molecule has 4 fully saturated rings. The van der Waals surface area contributed by atoms with Crippen molar-refractivity contribution in [1.82, 2.24) is 0 Å². The van der Waals surface area contributed by atoms with Gasteiger partial charge < -0.3 is 47.4 Å². The van der Waals surface area contributed by atoms with Crippen molar-refractivity contribution in [2.24, 2.45) is 47.3 Å². The molecule has 0 bridgehead atoms. The fourth-order valence-electron chi connectivity index (χ4n) is 9.42. The second-order valence-corrected chi connectivity index (χ2v) is 20.3. The fraction of sp³-hybridized carbons (Fsp3) is 0.804. The van der Waals surface area contributed by atoms with Crippen molar-refractivity contribution in [3.05, 3.63) is 35.9 Å². The van der Waals surface area contributed by atoms with Crippen LogP contribution in [0.1, 0.15) is 113 Å². The maximum atomic E-state index is 13.3. The molecule has 0 spiro atoms.